The number of halogens is 2. The van der Waals surface area contributed by atoms with Crippen LogP contribution >= 0.6 is 11.8 Å². The fraction of sp³-hybridized carbons (Fsp3) is 0.118. The Morgan fingerprint density at radius 1 is 1.17 bits per heavy atom. The number of imidazole rings is 1. The van der Waals surface area contributed by atoms with Crippen LogP contribution in [0.3, 0.4) is 0 Å². The fourth-order valence-corrected chi connectivity index (χ4v) is 3.10. The molecule has 3 rings (SSSR count). The molecule has 0 aliphatic rings. The van der Waals surface area contributed by atoms with E-state index in [0.29, 0.717) is 10.9 Å². The molecule has 0 unspecified atom stereocenters. The van der Waals surface area contributed by atoms with E-state index in [0.717, 1.165) is 23.8 Å². The number of nitrogens with two attached hydrogens (primary N) is 1. The first kappa shape index (κ1) is 16.5. The Labute approximate surface area is 141 Å². The maximum atomic E-state index is 13.7. The van der Waals surface area contributed by atoms with Crippen LogP contribution in [0.25, 0.3) is 11.3 Å². The zero-order chi connectivity index (χ0) is 17.1. The van der Waals surface area contributed by atoms with E-state index in [4.69, 9.17) is 5.84 Å². The van der Waals surface area contributed by atoms with Crippen LogP contribution in [0.2, 0.25) is 0 Å². The van der Waals surface area contributed by atoms with Crippen molar-refractivity contribution in [3.63, 3.8) is 0 Å². The third-order valence-electron chi connectivity index (χ3n) is 3.46. The molecular formula is C17H15F2N3OS. The number of rotatable bonds is 5. The lowest BCUT2D eigenvalue weighted by Gasteiger charge is -2.11. The van der Waals surface area contributed by atoms with Gasteiger partial charge in [-0.3, -0.25) is 0 Å². The van der Waals surface area contributed by atoms with Crippen LogP contribution in [0.15, 0.2) is 59.9 Å². The predicted octanol–water partition coefficient (Wildman–Crippen LogP) is 3.37. The van der Waals surface area contributed by atoms with Gasteiger partial charge in [-0.2, -0.15) is 0 Å². The van der Waals surface area contributed by atoms with E-state index >= 15 is 0 Å². The molecule has 0 spiro atoms. The molecular weight excluding hydrogens is 332 g/mol. The van der Waals surface area contributed by atoms with E-state index < -0.39 is 17.7 Å². The van der Waals surface area contributed by atoms with Gasteiger partial charge in [-0.25, -0.2) is 18.4 Å². The number of nitrogen functional groups attached to an aromatic ring is 1. The van der Waals surface area contributed by atoms with E-state index in [9.17, 15) is 13.9 Å². The number of aliphatic hydroxyl groups is 1. The molecule has 1 heterocycles. The van der Waals surface area contributed by atoms with Gasteiger partial charge in [0.2, 0.25) is 0 Å². The number of hydrogen-bond donors (Lipinski definition) is 2. The van der Waals surface area contributed by atoms with Gasteiger partial charge in [0.15, 0.2) is 5.16 Å². The normalized spacial score (nSPS) is 12.3. The monoisotopic (exact) mass is 347 g/mol. The Morgan fingerprint density at radius 3 is 2.67 bits per heavy atom. The maximum Gasteiger partial charge on any atom is 0.187 e. The third kappa shape index (κ3) is 3.58. The Hall–Kier alpha value is -2.38. The molecule has 3 N–H and O–H groups in total. The van der Waals surface area contributed by atoms with Gasteiger partial charge in [0.1, 0.15) is 11.6 Å². The second-order valence-corrected chi connectivity index (χ2v) is 6.16. The lowest BCUT2D eigenvalue weighted by Crippen LogP contribution is -2.10. The first-order chi connectivity index (χ1) is 11.5. The summed E-state index contributed by atoms with van der Waals surface area (Å²) in [7, 11) is 0. The topological polar surface area (TPSA) is 64.1 Å². The molecule has 0 bridgehead atoms. The molecule has 2 aromatic carbocycles. The number of benzene rings is 2. The van der Waals surface area contributed by atoms with Crippen LogP contribution in [0.1, 0.15) is 11.7 Å². The molecule has 0 fully saturated rings. The molecule has 124 valence electrons. The number of hydrogen-bond acceptors (Lipinski definition) is 4. The fourth-order valence-electron chi connectivity index (χ4n) is 2.24. The molecule has 1 atom stereocenters. The van der Waals surface area contributed by atoms with Gasteiger partial charge in [-0.05, 0) is 18.2 Å². The number of nitrogens with zero attached hydrogens (tertiary/aromatic N) is 2. The molecule has 24 heavy (non-hydrogen) atoms. The average molecular weight is 347 g/mol. The highest BCUT2D eigenvalue weighted by molar-refractivity contribution is 7.99. The van der Waals surface area contributed by atoms with Crippen LogP contribution in [-0.4, -0.2) is 20.5 Å². The minimum atomic E-state index is -1.16. The summed E-state index contributed by atoms with van der Waals surface area (Å²) in [5, 5.41) is 10.6. The van der Waals surface area contributed by atoms with Crippen LogP contribution in [-0.2, 0) is 0 Å². The van der Waals surface area contributed by atoms with E-state index in [2.05, 4.69) is 4.98 Å². The zero-order valence-corrected chi connectivity index (χ0v) is 13.4. The third-order valence-corrected chi connectivity index (χ3v) is 4.50. The molecule has 0 saturated carbocycles. The molecule has 0 aliphatic carbocycles. The highest BCUT2D eigenvalue weighted by atomic mass is 32.2. The highest BCUT2D eigenvalue weighted by Crippen LogP contribution is 2.27. The zero-order valence-electron chi connectivity index (χ0n) is 12.6. The van der Waals surface area contributed by atoms with Crippen LogP contribution in [0, 0.1) is 11.6 Å². The summed E-state index contributed by atoms with van der Waals surface area (Å²) in [4.78, 5) is 4.41. The summed E-state index contributed by atoms with van der Waals surface area (Å²) in [5.74, 6) is 4.73. The van der Waals surface area contributed by atoms with Gasteiger partial charge in [0, 0.05) is 16.9 Å². The van der Waals surface area contributed by atoms with Crippen molar-refractivity contribution in [2.75, 3.05) is 11.6 Å². The Morgan fingerprint density at radius 2 is 1.92 bits per heavy atom. The van der Waals surface area contributed by atoms with Crippen molar-refractivity contribution in [1.82, 2.24) is 9.66 Å². The molecule has 3 aromatic rings. The number of thioether (sulfide) groups is 1. The standard InChI is InChI=1S/C17H15F2N3OS/c18-12-6-7-14(19)13(8-12)16(23)10-24-17-21-15(9-22(17)20)11-4-2-1-3-5-11/h1-9,16,23H,10,20H2/t16-/m1/s1. The molecule has 0 radical (unpaired) electrons. The van der Waals surface area contributed by atoms with E-state index in [1.807, 2.05) is 30.3 Å². The Bertz CT molecular complexity index is 839. The minimum Gasteiger partial charge on any atom is -0.387 e. The van der Waals surface area contributed by atoms with E-state index in [1.54, 1.807) is 6.20 Å². The van der Waals surface area contributed by atoms with Gasteiger partial charge in [0.25, 0.3) is 0 Å². The quantitative estimate of drug-likeness (QED) is 0.549. The largest absolute Gasteiger partial charge is 0.387 e. The van der Waals surface area contributed by atoms with Gasteiger partial charge >= 0.3 is 0 Å². The Kier molecular flexibility index (Phi) is 4.82. The summed E-state index contributed by atoms with van der Waals surface area (Å²) in [6, 6.07) is 12.5. The number of aromatic nitrogens is 2. The lowest BCUT2D eigenvalue weighted by molar-refractivity contribution is 0.198. The molecule has 4 nitrogen and oxygen atoms in total. The van der Waals surface area contributed by atoms with E-state index in [-0.39, 0.29) is 11.3 Å². The first-order valence-electron chi connectivity index (χ1n) is 7.20. The number of aliphatic hydroxyl groups excluding tert-OH is 1. The first-order valence-corrected chi connectivity index (χ1v) is 8.19. The SMILES string of the molecule is Nn1cc(-c2ccccc2)nc1SC[C@@H](O)c1cc(F)ccc1F. The van der Waals surface area contributed by atoms with Crippen LogP contribution in [0.5, 0.6) is 0 Å². The lowest BCUT2D eigenvalue weighted by atomic mass is 10.1. The molecule has 1 aromatic heterocycles. The smallest absolute Gasteiger partial charge is 0.187 e. The summed E-state index contributed by atoms with van der Waals surface area (Å²) >= 11 is 1.17. The minimum absolute atomic E-state index is 0.0825. The second-order valence-electron chi connectivity index (χ2n) is 5.17. The van der Waals surface area contributed by atoms with Crippen molar-refractivity contribution in [2.45, 2.75) is 11.3 Å². The van der Waals surface area contributed by atoms with Crippen molar-refractivity contribution < 1.29 is 13.9 Å². The van der Waals surface area contributed by atoms with Crippen LogP contribution < -0.4 is 5.84 Å². The summed E-state index contributed by atoms with van der Waals surface area (Å²) < 4.78 is 28.2. The Balaban J connectivity index is 1.73. The molecule has 7 heteroatoms. The van der Waals surface area contributed by atoms with Gasteiger partial charge in [-0.15, -0.1) is 0 Å². The van der Waals surface area contributed by atoms with Gasteiger partial charge in [-0.1, -0.05) is 42.1 Å². The average Bonchev–Trinajstić information content (AvgIpc) is 2.96. The van der Waals surface area contributed by atoms with E-state index in [1.165, 1.54) is 16.4 Å². The van der Waals surface area contributed by atoms with Crippen molar-refractivity contribution in [3.05, 3.63) is 71.9 Å². The predicted molar refractivity (Wildman–Crippen MR) is 89.9 cm³/mol. The summed E-state index contributed by atoms with van der Waals surface area (Å²) in [6.07, 6.45) is 0.509. The maximum absolute atomic E-state index is 13.7. The molecule has 0 saturated heterocycles. The van der Waals surface area contributed by atoms with Gasteiger partial charge < -0.3 is 10.9 Å². The van der Waals surface area contributed by atoms with Gasteiger partial charge in [0.05, 0.1) is 18.0 Å². The van der Waals surface area contributed by atoms with Crippen molar-refractivity contribution in [2.24, 2.45) is 0 Å². The molecule has 0 amide bonds. The second kappa shape index (κ2) is 7.02. The van der Waals surface area contributed by atoms with Crippen molar-refractivity contribution in [1.29, 1.82) is 0 Å². The summed E-state index contributed by atoms with van der Waals surface area (Å²) in [6.45, 7) is 0. The summed E-state index contributed by atoms with van der Waals surface area (Å²) in [5.41, 5.74) is 1.54. The highest BCUT2D eigenvalue weighted by Gasteiger charge is 2.16. The van der Waals surface area contributed by atoms with Crippen molar-refractivity contribution >= 4 is 11.8 Å². The molecule has 0 aliphatic heterocycles. The van der Waals surface area contributed by atoms with Crippen LogP contribution in [0.4, 0.5) is 8.78 Å². The van der Waals surface area contributed by atoms with Crippen molar-refractivity contribution in [3.8, 4) is 11.3 Å².